The second-order valence-electron chi connectivity index (χ2n) is 10.7. The molecule has 1 amide bonds. The maximum atomic E-state index is 13.6. The Morgan fingerprint density at radius 1 is 1.05 bits per heavy atom. The van der Waals surface area contributed by atoms with Crippen LogP contribution in [0.4, 0.5) is 4.79 Å². The summed E-state index contributed by atoms with van der Waals surface area (Å²) in [5.74, 6) is 0.508. The van der Waals surface area contributed by atoms with E-state index in [-0.39, 0.29) is 48.6 Å². The van der Waals surface area contributed by atoms with Gasteiger partial charge in [0.15, 0.2) is 6.29 Å². The number of carbonyl (C=O) groups is 1. The third-order valence-electron chi connectivity index (χ3n) is 7.23. The van der Waals surface area contributed by atoms with Crippen LogP contribution in [-0.2, 0) is 30.7 Å². The lowest BCUT2D eigenvalue weighted by Gasteiger charge is -2.33. The number of rotatable bonds is 12. The van der Waals surface area contributed by atoms with Gasteiger partial charge in [0.05, 0.1) is 37.4 Å². The van der Waals surface area contributed by atoms with Gasteiger partial charge in [-0.1, -0.05) is 44.2 Å². The van der Waals surface area contributed by atoms with Gasteiger partial charge in [-0.25, -0.2) is 13.2 Å². The fraction of sp³-hybridized carbons (Fsp3) is 0.552. The largest absolute Gasteiger partial charge is 0.497 e. The Balaban J connectivity index is 1.51. The number of hydrogen-bond acceptors (Lipinski definition) is 8. The molecule has 0 saturated carbocycles. The van der Waals surface area contributed by atoms with Crippen LogP contribution in [0.1, 0.15) is 32.3 Å². The maximum Gasteiger partial charge on any atom is 0.407 e. The van der Waals surface area contributed by atoms with Crippen molar-refractivity contribution in [3.8, 4) is 5.75 Å². The van der Waals surface area contributed by atoms with Gasteiger partial charge in [-0.2, -0.15) is 4.31 Å². The molecule has 2 N–H and O–H groups in total. The van der Waals surface area contributed by atoms with E-state index in [1.807, 2.05) is 44.2 Å². The molecule has 10 nitrogen and oxygen atoms in total. The van der Waals surface area contributed by atoms with Crippen LogP contribution < -0.4 is 10.1 Å². The van der Waals surface area contributed by atoms with Crippen LogP contribution in [0.5, 0.6) is 5.75 Å². The van der Waals surface area contributed by atoms with Crippen molar-refractivity contribution < 1.29 is 37.3 Å². The number of carbonyl (C=O) groups excluding carboxylic acids is 1. The quantitative estimate of drug-likeness (QED) is 0.395. The summed E-state index contributed by atoms with van der Waals surface area (Å²) in [7, 11) is -2.43. The zero-order valence-electron chi connectivity index (χ0n) is 23.3. The Morgan fingerprint density at radius 3 is 2.38 bits per heavy atom. The number of methoxy groups -OCH3 is 1. The standard InChI is InChI=1S/C29H40N2O8S/c1-20(2)18-31(40(34,35)23-11-9-22(36-3)10-12-23)19-26(32)25(17-21-7-5-4-6-8-21)30-29(33)39-27-14-16-38-28-24(27)13-15-37-28/h4-12,20,24-28,32H,13-19H2,1-3H3,(H,30,33)/t24-,25+,26+,27-,28+/m1/s1. The lowest BCUT2D eigenvalue weighted by Crippen LogP contribution is -2.52. The van der Waals surface area contributed by atoms with Crippen LogP contribution in [0.2, 0.25) is 0 Å². The highest BCUT2D eigenvalue weighted by Gasteiger charge is 2.41. The van der Waals surface area contributed by atoms with Gasteiger partial charge < -0.3 is 29.4 Å². The van der Waals surface area contributed by atoms with Gasteiger partial charge in [0.2, 0.25) is 10.0 Å². The molecular formula is C29H40N2O8S. The molecule has 5 atom stereocenters. The summed E-state index contributed by atoms with van der Waals surface area (Å²) in [5, 5.41) is 14.2. The number of nitrogens with zero attached hydrogens (tertiary/aromatic N) is 1. The molecule has 2 aromatic rings. The molecule has 0 radical (unpaired) electrons. The SMILES string of the molecule is COc1ccc(S(=O)(=O)N(CC(C)C)C[C@H](O)[C@H](Cc2ccccc2)NC(=O)O[C@@H]2CCO[C@@H]3OCC[C@@H]32)cc1. The topological polar surface area (TPSA) is 124 Å². The van der Waals surface area contributed by atoms with E-state index in [2.05, 4.69) is 5.32 Å². The van der Waals surface area contributed by atoms with Gasteiger partial charge in [0.25, 0.3) is 0 Å². The van der Waals surface area contributed by atoms with Crippen molar-refractivity contribution in [3.63, 3.8) is 0 Å². The lowest BCUT2D eigenvalue weighted by molar-refractivity contribution is -0.179. The van der Waals surface area contributed by atoms with E-state index in [1.165, 1.54) is 23.5 Å². The molecule has 2 aliphatic rings. The fourth-order valence-electron chi connectivity index (χ4n) is 5.16. The van der Waals surface area contributed by atoms with E-state index >= 15 is 0 Å². The molecule has 0 unspecified atom stereocenters. The van der Waals surface area contributed by atoms with E-state index in [9.17, 15) is 18.3 Å². The molecule has 11 heteroatoms. The number of alkyl carbamates (subject to hydrolysis) is 1. The van der Waals surface area contributed by atoms with Gasteiger partial charge in [-0.15, -0.1) is 0 Å². The number of hydrogen-bond donors (Lipinski definition) is 2. The second kappa shape index (κ2) is 13.8. The molecule has 0 spiro atoms. The Kier molecular flexibility index (Phi) is 10.4. The van der Waals surface area contributed by atoms with Crippen LogP contribution in [0.25, 0.3) is 0 Å². The minimum atomic E-state index is -3.94. The molecule has 220 valence electrons. The van der Waals surface area contributed by atoms with Crippen LogP contribution in [-0.4, -0.2) is 81.9 Å². The highest BCUT2D eigenvalue weighted by molar-refractivity contribution is 7.89. The summed E-state index contributed by atoms with van der Waals surface area (Å²) in [6, 6.07) is 14.8. The van der Waals surface area contributed by atoms with E-state index < -0.39 is 28.3 Å². The molecule has 0 aliphatic carbocycles. The summed E-state index contributed by atoms with van der Waals surface area (Å²) in [6.07, 6.45) is -1.01. The predicted octanol–water partition coefficient (Wildman–Crippen LogP) is 3.19. The number of fused-ring (bicyclic) bond motifs is 1. The van der Waals surface area contributed by atoms with Gasteiger partial charge in [0, 0.05) is 25.4 Å². The maximum absolute atomic E-state index is 13.6. The third kappa shape index (κ3) is 7.73. The van der Waals surface area contributed by atoms with Gasteiger partial charge in [0.1, 0.15) is 11.9 Å². The first-order valence-electron chi connectivity index (χ1n) is 13.7. The van der Waals surface area contributed by atoms with Gasteiger partial charge in [-0.3, -0.25) is 0 Å². The Labute approximate surface area is 236 Å². The highest BCUT2D eigenvalue weighted by Crippen LogP contribution is 2.32. The van der Waals surface area contributed by atoms with Crippen LogP contribution in [0.3, 0.4) is 0 Å². The molecule has 0 aromatic heterocycles. The summed E-state index contributed by atoms with van der Waals surface area (Å²) < 4.78 is 50.6. The first kappa shape index (κ1) is 30.3. The molecule has 2 aromatic carbocycles. The zero-order chi connectivity index (χ0) is 28.7. The van der Waals surface area contributed by atoms with E-state index in [4.69, 9.17) is 18.9 Å². The molecular weight excluding hydrogens is 536 g/mol. The molecule has 4 rings (SSSR count). The Morgan fingerprint density at radius 2 is 1.73 bits per heavy atom. The smallest absolute Gasteiger partial charge is 0.407 e. The highest BCUT2D eigenvalue weighted by atomic mass is 32.2. The first-order chi connectivity index (χ1) is 19.2. The molecule has 2 aliphatic heterocycles. The van der Waals surface area contributed by atoms with E-state index in [0.29, 0.717) is 25.4 Å². The molecule has 2 fully saturated rings. The molecule has 0 bridgehead atoms. The average Bonchev–Trinajstić information content (AvgIpc) is 3.43. The first-order valence-corrected chi connectivity index (χ1v) is 15.2. The minimum absolute atomic E-state index is 0.000757. The van der Waals surface area contributed by atoms with Crippen molar-refractivity contribution in [2.75, 3.05) is 33.4 Å². The number of aliphatic hydroxyl groups excluding tert-OH is 1. The van der Waals surface area contributed by atoms with Crippen molar-refractivity contribution >= 4 is 16.1 Å². The number of nitrogens with one attached hydrogen (secondary N) is 1. The third-order valence-corrected chi connectivity index (χ3v) is 9.07. The predicted molar refractivity (Wildman–Crippen MR) is 148 cm³/mol. The van der Waals surface area contributed by atoms with Crippen molar-refractivity contribution in [1.82, 2.24) is 9.62 Å². The van der Waals surface area contributed by atoms with Crippen LogP contribution >= 0.6 is 0 Å². The Hall–Kier alpha value is -2.70. The van der Waals surface area contributed by atoms with Crippen molar-refractivity contribution in [3.05, 3.63) is 60.2 Å². The Bertz CT molecular complexity index is 1190. The number of benzene rings is 2. The summed E-state index contributed by atoms with van der Waals surface area (Å²) in [5.41, 5.74) is 0.885. The van der Waals surface area contributed by atoms with Gasteiger partial charge in [-0.05, 0) is 48.6 Å². The van der Waals surface area contributed by atoms with Crippen molar-refractivity contribution in [2.45, 2.75) is 62.5 Å². The molecule has 2 heterocycles. The number of sulfonamides is 1. The molecule has 2 saturated heterocycles. The van der Waals surface area contributed by atoms with E-state index in [1.54, 1.807) is 12.1 Å². The minimum Gasteiger partial charge on any atom is -0.497 e. The number of ether oxygens (including phenoxy) is 4. The van der Waals surface area contributed by atoms with E-state index in [0.717, 1.165) is 12.0 Å². The monoisotopic (exact) mass is 576 g/mol. The van der Waals surface area contributed by atoms with Crippen molar-refractivity contribution in [1.29, 1.82) is 0 Å². The van der Waals surface area contributed by atoms with Crippen molar-refractivity contribution in [2.24, 2.45) is 11.8 Å². The molecule has 40 heavy (non-hydrogen) atoms. The number of aliphatic hydroxyl groups is 1. The van der Waals surface area contributed by atoms with Gasteiger partial charge >= 0.3 is 6.09 Å². The summed E-state index contributed by atoms with van der Waals surface area (Å²) in [4.78, 5) is 13.2. The number of amides is 1. The lowest BCUT2D eigenvalue weighted by atomic mass is 9.95. The van der Waals surface area contributed by atoms with Crippen LogP contribution in [0, 0.1) is 11.8 Å². The second-order valence-corrected chi connectivity index (χ2v) is 12.6. The zero-order valence-corrected chi connectivity index (χ0v) is 24.1. The normalized spacial score (nSPS) is 22.5. The summed E-state index contributed by atoms with van der Waals surface area (Å²) >= 11 is 0. The fourth-order valence-corrected chi connectivity index (χ4v) is 6.78. The average molecular weight is 577 g/mol. The van der Waals surface area contributed by atoms with Crippen LogP contribution in [0.15, 0.2) is 59.5 Å². The summed E-state index contributed by atoms with van der Waals surface area (Å²) in [6.45, 7) is 4.80.